The van der Waals surface area contributed by atoms with Gasteiger partial charge in [0.25, 0.3) is 0 Å². The van der Waals surface area contributed by atoms with E-state index < -0.39 is 0 Å². The molecule has 1 aromatic carbocycles. The minimum Gasteiger partial charge on any atom is -0.454 e. The summed E-state index contributed by atoms with van der Waals surface area (Å²) in [5.74, 6) is 3.80. The highest BCUT2D eigenvalue weighted by Gasteiger charge is 2.34. The minimum atomic E-state index is 0.353. The average Bonchev–Trinajstić information content (AvgIpc) is 3.25. The topological polar surface area (TPSA) is 30.5 Å². The molecule has 21 heavy (non-hydrogen) atoms. The number of hydrogen-bond donors (Lipinski definition) is 1. The Balaban J connectivity index is 1.39. The molecular weight excluding hydrogens is 262 g/mol. The van der Waals surface area contributed by atoms with Crippen LogP contribution in [0.4, 0.5) is 0 Å². The van der Waals surface area contributed by atoms with Crippen LogP contribution in [0.25, 0.3) is 0 Å². The van der Waals surface area contributed by atoms with E-state index in [9.17, 15) is 0 Å². The monoisotopic (exact) mass is 287 g/mol. The predicted molar refractivity (Wildman–Crippen MR) is 82.6 cm³/mol. The molecule has 1 heterocycles. The molecule has 114 valence electrons. The summed E-state index contributed by atoms with van der Waals surface area (Å²) in [6.45, 7) is 2.62. The molecule has 1 N–H and O–H groups in total. The summed E-state index contributed by atoms with van der Waals surface area (Å²) in [5, 5.41) is 3.84. The molecule has 1 aromatic rings. The van der Waals surface area contributed by atoms with Crippen molar-refractivity contribution in [2.75, 3.05) is 6.79 Å². The van der Waals surface area contributed by atoms with Gasteiger partial charge >= 0.3 is 0 Å². The first-order valence-electron chi connectivity index (χ1n) is 8.45. The zero-order valence-corrected chi connectivity index (χ0v) is 12.8. The van der Waals surface area contributed by atoms with Crippen LogP contribution in [0.15, 0.2) is 18.2 Å². The number of benzene rings is 1. The maximum absolute atomic E-state index is 5.49. The van der Waals surface area contributed by atoms with E-state index in [4.69, 9.17) is 9.47 Å². The third-order valence-corrected chi connectivity index (χ3v) is 5.39. The van der Waals surface area contributed by atoms with E-state index in [1.807, 2.05) is 6.07 Å². The van der Waals surface area contributed by atoms with Crippen molar-refractivity contribution in [3.8, 4) is 11.5 Å². The molecule has 0 spiro atoms. The quantitative estimate of drug-likeness (QED) is 0.906. The van der Waals surface area contributed by atoms with Gasteiger partial charge in [0.15, 0.2) is 11.5 Å². The fraction of sp³-hybridized carbons (Fsp3) is 0.667. The molecule has 0 amide bonds. The summed E-state index contributed by atoms with van der Waals surface area (Å²) in [6, 6.07) is 7.38. The Morgan fingerprint density at radius 1 is 1.05 bits per heavy atom. The lowest BCUT2D eigenvalue weighted by molar-refractivity contribution is 0.174. The zero-order valence-electron chi connectivity index (χ0n) is 12.8. The van der Waals surface area contributed by atoms with Gasteiger partial charge in [-0.05, 0) is 62.1 Å². The lowest BCUT2D eigenvalue weighted by atomic mass is 9.82. The molecule has 3 aliphatic rings. The SMILES string of the molecule is CC(NC1CCCC(C2CC2)C1)c1ccc2c(c1)OCO2. The van der Waals surface area contributed by atoms with Crippen LogP contribution in [0.5, 0.6) is 11.5 Å². The standard InChI is InChI=1S/C18H25NO2/c1-12(14-7-8-17-18(10-14)21-11-20-17)19-16-4-2-3-15(9-16)13-5-6-13/h7-8,10,12-13,15-16,19H,2-6,9,11H2,1H3. The fourth-order valence-electron chi connectivity index (χ4n) is 4.01. The summed E-state index contributed by atoms with van der Waals surface area (Å²) in [6.07, 6.45) is 8.52. The highest BCUT2D eigenvalue weighted by Crippen LogP contribution is 2.44. The maximum atomic E-state index is 5.49. The van der Waals surface area contributed by atoms with Gasteiger partial charge in [0, 0.05) is 12.1 Å². The van der Waals surface area contributed by atoms with E-state index >= 15 is 0 Å². The number of fused-ring (bicyclic) bond motifs is 1. The zero-order chi connectivity index (χ0) is 14.2. The molecule has 2 aliphatic carbocycles. The highest BCUT2D eigenvalue weighted by molar-refractivity contribution is 5.45. The molecule has 1 aliphatic heterocycles. The van der Waals surface area contributed by atoms with E-state index in [0.29, 0.717) is 18.9 Å². The lowest BCUT2D eigenvalue weighted by Gasteiger charge is -2.32. The van der Waals surface area contributed by atoms with Crippen molar-refractivity contribution >= 4 is 0 Å². The van der Waals surface area contributed by atoms with Gasteiger partial charge < -0.3 is 14.8 Å². The summed E-state index contributed by atoms with van der Waals surface area (Å²) >= 11 is 0. The lowest BCUT2D eigenvalue weighted by Crippen LogP contribution is -2.36. The second kappa shape index (κ2) is 5.53. The summed E-state index contributed by atoms with van der Waals surface area (Å²) < 4.78 is 10.9. The fourth-order valence-corrected chi connectivity index (χ4v) is 4.01. The van der Waals surface area contributed by atoms with Crippen molar-refractivity contribution in [2.24, 2.45) is 11.8 Å². The molecule has 4 rings (SSSR count). The first-order chi connectivity index (χ1) is 10.3. The van der Waals surface area contributed by atoms with Crippen LogP contribution in [0, 0.1) is 11.8 Å². The molecular formula is C18H25NO2. The first kappa shape index (κ1) is 13.4. The average molecular weight is 287 g/mol. The molecule has 2 saturated carbocycles. The molecule has 0 radical (unpaired) electrons. The van der Waals surface area contributed by atoms with Crippen LogP contribution in [0.1, 0.15) is 57.1 Å². The Hall–Kier alpha value is -1.22. The maximum Gasteiger partial charge on any atom is 0.231 e. The molecule has 3 nitrogen and oxygen atoms in total. The molecule has 2 fully saturated rings. The number of ether oxygens (including phenoxy) is 2. The van der Waals surface area contributed by atoms with E-state index in [0.717, 1.165) is 23.3 Å². The van der Waals surface area contributed by atoms with Crippen molar-refractivity contribution in [1.29, 1.82) is 0 Å². The molecule has 0 aromatic heterocycles. The molecule has 3 atom stereocenters. The summed E-state index contributed by atoms with van der Waals surface area (Å²) in [5.41, 5.74) is 1.30. The van der Waals surface area contributed by atoms with Gasteiger partial charge in [0.2, 0.25) is 6.79 Å². The second-order valence-corrected chi connectivity index (χ2v) is 6.96. The van der Waals surface area contributed by atoms with E-state index in [1.54, 1.807) is 0 Å². The Morgan fingerprint density at radius 3 is 2.76 bits per heavy atom. The van der Waals surface area contributed by atoms with Gasteiger partial charge in [-0.25, -0.2) is 0 Å². The van der Waals surface area contributed by atoms with Crippen molar-refractivity contribution in [3.05, 3.63) is 23.8 Å². The van der Waals surface area contributed by atoms with Crippen LogP contribution in [-0.2, 0) is 0 Å². The summed E-state index contributed by atoms with van der Waals surface area (Å²) in [7, 11) is 0. The van der Waals surface area contributed by atoms with E-state index in [1.165, 1.54) is 44.1 Å². The minimum absolute atomic E-state index is 0.353. The number of rotatable bonds is 4. The Kier molecular flexibility index (Phi) is 3.54. The normalized spacial score (nSPS) is 29.4. The van der Waals surface area contributed by atoms with E-state index in [-0.39, 0.29) is 0 Å². The Labute approximate surface area is 127 Å². The number of nitrogens with one attached hydrogen (secondary N) is 1. The van der Waals surface area contributed by atoms with Crippen LogP contribution >= 0.6 is 0 Å². The molecule has 3 heteroatoms. The van der Waals surface area contributed by atoms with Crippen molar-refractivity contribution < 1.29 is 9.47 Å². The second-order valence-electron chi connectivity index (χ2n) is 6.96. The van der Waals surface area contributed by atoms with Gasteiger partial charge in [0.1, 0.15) is 0 Å². The first-order valence-corrected chi connectivity index (χ1v) is 8.45. The van der Waals surface area contributed by atoms with Gasteiger partial charge in [0.05, 0.1) is 0 Å². The number of hydrogen-bond acceptors (Lipinski definition) is 3. The van der Waals surface area contributed by atoms with Crippen LogP contribution in [-0.4, -0.2) is 12.8 Å². The molecule has 0 saturated heterocycles. The Bertz CT molecular complexity index is 512. The van der Waals surface area contributed by atoms with Gasteiger partial charge in [-0.15, -0.1) is 0 Å². The molecule has 3 unspecified atom stereocenters. The smallest absolute Gasteiger partial charge is 0.231 e. The van der Waals surface area contributed by atoms with Gasteiger partial charge in [-0.1, -0.05) is 18.9 Å². The van der Waals surface area contributed by atoms with Crippen molar-refractivity contribution in [2.45, 2.75) is 57.5 Å². The third-order valence-electron chi connectivity index (χ3n) is 5.39. The van der Waals surface area contributed by atoms with Crippen LogP contribution < -0.4 is 14.8 Å². The third kappa shape index (κ3) is 2.89. The van der Waals surface area contributed by atoms with Crippen LogP contribution in [0.3, 0.4) is 0 Å². The molecule has 0 bridgehead atoms. The van der Waals surface area contributed by atoms with Crippen LogP contribution in [0.2, 0.25) is 0 Å². The van der Waals surface area contributed by atoms with Crippen molar-refractivity contribution in [1.82, 2.24) is 5.32 Å². The summed E-state index contributed by atoms with van der Waals surface area (Å²) in [4.78, 5) is 0. The predicted octanol–water partition coefficient (Wildman–Crippen LogP) is 4.03. The van der Waals surface area contributed by atoms with E-state index in [2.05, 4.69) is 24.4 Å². The largest absolute Gasteiger partial charge is 0.454 e. The highest BCUT2D eigenvalue weighted by atomic mass is 16.7. The van der Waals surface area contributed by atoms with Gasteiger partial charge in [-0.3, -0.25) is 0 Å². The van der Waals surface area contributed by atoms with Gasteiger partial charge in [-0.2, -0.15) is 0 Å². The van der Waals surface area contributed by atoms with Crippen molar-refractivity contribution in [3.63, 3.8) is 0 Å². The Morgan fingerprint density at radius 2 is 1.90 bits per heavy atom.